The first-order valence-electron chi connectivity index (χ1n) is 5.15. The molecule has 0 aliphatic carbocycles. The minimum atomic E-state index is -0.0997. The number of carbonyl (C=O) groups is 1. The van der Waals surface area contributed by atoms with Crippen LogP contribution in [0, 0.1) is 0 Å². The highest BCUT2D eigenvalue weighted by Crippen LogP contribution is 2.07. The van der Waals surface area contributed by atoms with Gasteiger partial charge in [-0.3, -0.25) is 4.79 Å². The van der Waals surface area contributed by atoms with E-state index >= 15 is 0 Å². The highest BCUT2D eigenvalue weighted by Gasteiger charge is 2.03. The summed E-state index contributed by atoms with van der Waals surface area (Å²) in [5.74, 6) is -0.0997. The number of esters is 1. The fraction of sp³-hybridized carbons (Fsp3) is 0.900. The molecule has 1 atom stereocenters. The molecule has 4 heteroatoms. The van der Waals surface area contributed by atoms with E-state index in [-0.39, 0.29) is 12.0 Å². The number of azo groups is 1. The van der Waals surface area contributed by atoms with Crippen LogP contribution in [-0.2, 0) is 9.53 Å². The lowest BCUT2D eigenvalue weighted by Gasteiger charge is -2.04. The maximum Gasteiger partial charge on any atom is 0.305 e. The van der Waals surface area contributed by atoms with E-state index in [0.29, 0.717) is 13.0 Å². The summed E-state index contributed by atoms with van der Waals surface area (Å²) in [6.07, 6.45) is 3.38. The molecule has 82 valence electrons. The van der Waals surface area contributed by atoms with Crippen LogP contribution in [0.15, 0.2) is 10.2 Å². The molecule has 0 heterocycles. The molecule has 0 N–H and O–H groups in total. The molecule has 0 saturated carbocycles. The molecule has 0 rings (SSSR count). The third-order valence-corrected chi connectivity index (χ3v) is 1.87. The Balaban J connectivity index is 3.32. The van der Waals surface area contributed by atoms with Crippen LogP contribution in [-0.4, -0.2) is 25.7 Å². The Morgan fingerprint density at radius 2 is 2.14 bits per heavy atom. The van der Waals surface area contributed by atoms with Crippen molar-refractivity contribution >= 4 is 5.97 Å². The van der Waals surface area contributed by atoms with Gasteiger partial charge in [0.05, 0.1) is 12.6 Å². The van der Waals surface area contributed by atoms with Gasteiger partial charge in [-0.05, 0) is 26.7 Å². The molecule has 0 saturated heterocycles. The van der Waals surface area contributed by atoms with E-state index < -0.39 is 0 Å². The molecule has 0 spiro atoms. The number of rotatable bonds is 7. The monoisotopic (exact) mass is 200 g/mol. The Bertz CT molecular complexity index is 181. The molecule has 0 aliphatic rings. The summed E-state index contributed by atoms with van der Waals surface area (Å²) in [5, 5.41) is 7.70. The van der Waals surface area contributed by atoms with Gasteiger partial charge in [0.1, 0.15) is 0 Å². The van der Waals surface area contributed by atoms with Crippen LogP contribution in [0.4, 0.5) is 0 Å². The molecule has 0 aromatic heterocycles. The first kappa shape index (κ1) is 13.1. The normalized spacial score (nSPS) is 13.1. The van der Waals surface area contributed by atoms with Gasteiger partial charge in [-0.15, -0.1) is 0 Å². The number of unbranched alkanes of at least 4 members (excludes halogenated alkanes) is 1. The van der Waals surface area contributed by atoms with Gasteiger partial charge in [-0.1, -0.05) is 6.42 Å². The van der Waals surface area contributed by atoms with Crippen molar-refractivity contribution in [2.24, 2.45) is 10.2 Å². The second-order valence-corrected chi connectivity index (χ2v) is 3.22. The second kappa shape index (κ2) is 8.66. The summed E-state index contributed by atoms with van der Waals surface area (Å²) in [5.41, 5.74) is 0. The molecule has 0 amide bonds. The van der Waals surface area contributed by atoms with Crippen LogP contribution in [0.1, 0.15) is 39.5 Å². The Kier molecular flexibility index (Phi) is 8.08. The van der Waals surface area contributed by atoms with Gasteiger partial charge in [0.15, 0.2) is 0 Å². The molecule has 0 aliphatic heterocycles. The zero-order valence-electron chi connectivity index (χ0n) is 9.32. The van der Waals surface area contributed by atoms with Crippen molar-refractivity contribution in [3.05, 3.63) is 0 Å². The summed E-state index contributed by atoms with van der Waals surface area (Å²) >= 11 is 0. The van der Waals surface area contributed by atoms with Crippen molar-refractivity contribution in [2.75, 3.05) is 13.7 Å². The van der Waals surface area contributed by atoms with Crippen molar-refractivity contribution < 1.29 is 9.53 Å². The fourth-order valence-electron chi connectivity index (χ4n) is 1.20. The number of nitrogens with zero attached hydrogens (tertiary/aromatic N) is 2. The molecule has 0 unspecified atom stereocenters. The molecule has 14 heavy (non-hydrogen) atoms. The highest BCUT2D eigenvalue weighted by atomic mass is 16.5. The fourth-order valence-corrected chi connectivity index (χ4v) is 1.20. The van der Waals surface area contributed by atoms with Crippen LogP contribution < -0.4 is 0 Å². The Morgan fingerprint density at radius 1 is 1.43 bits per heavy atom. The van der Waals surface area contributed by atoms with Crippen LogP contribution in [0.5, 0.6) is 0 Å². The highest BCUT2D eigenvalue weighted by molar-refractivity contribution is 5.69. The Hall–Kier alpha value is -0.930. The maximum absolute atomic E-state index is 10.9. The third-order valence-electron chi connectivity index (χ3n) is 1.87. The van der Waals surface area contributed by atoms with E-state index in [9.17, 15) is 4.79 Å². The minimum absolute atomic E-state index is 0.0997. The van der Waals surface area contributed by atoms with E-state index in [1.165, 1.54) is 0 Å². The lowest BCUT2D eigenvalue weighted by molar-refractivity contribution is -0.143. The predicted octanol–water partition coefficient (Wildman–Crippen LogP) is 2.58. The van der Waals surface area contributed by atoms with Gasteiger partial charge >= 0.3 is 5.97 Å². The standard InChI is InChI=1S/C10H20N2O2/c1-4-14-10(13)8-6-5-7-9(2)12-11-3/h9H,4-8H2,1-3H3/t9-/m0/s1. The molecule has 0 bridgehead atoms. The number of hydrogen-bond acceptors (Lipinski definition) is 4. The average Bonchev–Trinajstić information content (AvgIpc) is 2.13. The van der Waals surface area contributed by atoms with E-state index in [2.05, 4.69) is 10.2 Å². The molecule has 0 aromatic carbocycles. The zero-order chi connectivity index (χ0) is 10.8. The number of hydrogen-bond donors (Lipinski definition) is 0. The van der Waals surface area contributed by atoms with E-state index in [1.54, 1.807) is 7.05 Å². The van der Waals surface area contributed by atoms with Gasteiger partial charge in [-0.2, -0.15) is 10.2 Å². The van der Waals surface area contributed by atoms with E-state index in [0.717, 1.165) is 19.3 Å². The summed E-state index contributed by atoms with van der Waals surface area (Å²) in [7, 11) is 1.68. The van der Waals surface area contributed by atoms with Crippen LogP contribution >= 0.6 is 0 Å². The SMILES string of the molecule is CCOC(=O)CCCC[C@H](C)N=NC. The lowest BCUT2D eigenvalue weighted by Crippen LogP contribution is -2.04. The molecule has 0 fully saturated rings. The van der Waals surface area contributed by atoms with Gasteiger partial charge in [0, 0.05) is 13.5 Å². The smallest absolute Gasteiger partial charge is 0.305 e. The number of ether oxygens (including phenoxy) is 1. The van der Waals surface area contributed by atoms with Crippen molar-refractivity contribution in [1.29, 1.82) is 0 Å². The van der Waals surface area contributed by atoms with Crippen molar-refractivity contribution in [1.82, 2.24) is 0 Å². The quantitative estimate of drug-likeness (QED) is 0.360. The summed E-state index contributed by atoms with van der Waals surface area (Å²) < 4.78 is 4.82. The third kappa shape index (κ3) is 7.71. The molecular weight excluding hydrogens is 180 g/mol. The van der Waals surface area contributed by atoms with Gasteiger partial charge in [0.25, 0.3) is 0 Å². The van der Waals surface area contributed by atoms with Crippen molar-refractivity contribution in [3.63, 3.8) is 0 Å². The lowest BCUT2D eigenvalue weighted by atomic mass is 10.1. The average molecular weight is 200 g/mol. The summed E-state index contributed by atoms with van der Waals surface area (Å²) in [4.78, 5) is 10.9. The minimum Gasteiger partial charge on any atom is -0.466 e. The van der Waals surface area contributed by atoms with Gasteiger partial charge in [0.2, 0.25) is 0 Å². The maximum atomic E-state index is 10.9. The summed E-state index contributed by atoms with van der Waals surface area (Å²) in [6.45, 7) is 4.32. The van der Waals surface area contributed by atoms with Crippen molar-refractivity contribution in [2.45, 2.75) is 45.6 Å². The van der Waals surface area contributed by atoms with Crippen LogP contribution in [0.25, 0.3) is 0 Å². The first-order valence-corrected chi connectivity index (χ1v) is 5.15. The number of carbonyl (C=O) groups excluding carboxylic acids is 1. The van der Waals surface area contributed by atoms with Crippen LogP contribution in [0.3, 0.4) is 0 Å². The van der Waals surface area contributed by atoms with E-state index in [4.69, 9.17) is 4.74 Å². The summed E-state index contributed by atoms with van der Waals surface area (Å²) in [6, 6.07) is 0.266. The molecule has 4 nitrogen and oxygen atoms in total. The molecule has 0 aromatic rings. The Labute approximate surface area is 85.7 Å². The predicted molar refractivity (Wildman–Crippen MR) is 55.3 cm³/mol. The van der Waals surface area contributed by atoms with E-state index in [1.807, 2.05) is 13.8 Å². The zero-order valence-corrected chi connectivity index (χ0v) is 9.32. The van der Waals surface area contributed by atoms with Gasteiger partial charge in [-0.25, -0.2) is 0 Å². The second-order valence-electron chi connectivity index (χ2n) is 3.22. The Morgan fingerprint density at radius 3 is 2.71 bits per heavy atom. The van der Waals surface area contributed by atoms with Crippen molar-refractivity contribution in [3.8, 4) is 0 Å². The topological polar surface area (TPSA) is 51.0 Å². The molecule has 0 radical (unpaired) electrons. The largest absolute Gasteiger partial charge is 0.466 e. The molecular formula is C10H20N2O2. The van der Waals surface area contributed by atoms with Crippen LogP contribution in [0.2, 0.25) is 0 Å². The first-order chi connectivity index (χ1) is 6.70. The van der Waals surface area contributed by atoms with Gasteiger partial charge < -0.3 is 4.74 Å².